The zero-order valence-corrected chi connectivity index (χ0v) is 15.3. The molecule has 2 heterocycles. The van der Waals surface area contributed by atoms with Gasteiger partial charge in [0.2, 0.25) is 0 Å². The van der Waals surface area contributed by atoms with E-state index in [1.807, 2.05) is 54.6 Å². The Morgan fingerprint density at radius 1 is 1.04 bits per heavy atom. The first-order chi connectivity index (χ1) is 13.6. The van der Waals surface area contributed by atoms with Crippen molar-refractivity contribution in [2.24, 2.45) is 5.92 Å². The molecule has 1 fully saturated rings. The van der Waals surface area contributed by atoms with E-state index in [0.29, 0.717) is 24.9 Å². The third kappa shape index (κ3) is 3.27. The summed E-state index contributed by atoms with van der Waals surface area (Å²) in [5.74, 6) is -2.37. The molecule has 0 amide bonds. The number of hydrogen-bond donors (Lipinski definition) is 3. The number of piperidine rings is 1. The van der Waals surface area contributed by atoms with Gasteiger partial charge in [0, 0.05) is 23.0 Å². The fourth-order valence-corrected chi connectivity index (χ4v) is 4.18. The number of nitrogens with one attached hydrogen (secondary N) is 1. The lowest BCUT2D eigenvalue weighted by Gasteiger charge is -2.35. The minimum absolute atomic E-state index is 0.236. The molecule has 1 aliphatic heterocycles. The predicted molar refractivity (Wildman–Crippen MR) is 106 cm³/mol. The lowest BCUT2D eigenvalue weighted by atomic mass is 9.92. The highest BCUT2D eigenvalue weighted by Crippen LogP contribution is 2.38. The van der Waals surface area contributed by atoms with Crippen LogP contribution in [0.3, 0.4) is 0 Å². The summed E-state index contributed by atoms with van der Waals surface area (Å²) in [5.41, 5.74) is 3.24. The van der Waals surface area contributed by atoms with Gasteiger partial charge < -0.3 is 15.2 Å². The van der Waals surface area contributed by atoms with E-state index >= 15 is 0 Å². The fraction of sp³-hybridized carbons (Fsp3) is 0.273. The van der Waals surface area contributed by atoms with Crippen LogP contribution >= 0.6 is 0 Å². The average molecular weight is 378 g/mol. The summed E-state index contributed by atoms with van der Waals surface area (Å²) in [4.78, 5) is 29.1. The number of hydrogen-bond acceptors (Lipinski definition) is 3. The molecule has 6 nitrogen and oxygen atoms in total. The van der Waals surface area contributed by atoms with Crippen LogP contribution in [-0.2, 0) is 9.59 Å². The van der Waals surface area contributed by atoms with Gasteiger partial charge in [-0.15, -0.1) is 0 Å². The monoisotopic (exact) mass is 378 g/mol. The number of carboxylic acid groups (broad SMARTS) is 2. The molecule has 2 atom stereocenters. The number of carboxylic acids is 2. The van der Waals surface area contributed by atoms with Gasteiger partial charge in [-0.1, -0.05) is 48.5 Å². The number of aromatic nitrogens is 1. The molecule has 0 spiro atoms. The lowest BCUT2D eigenvalue weighted by Crippen LogP contribution is -2.43. The number of para-hydroxylation sites is 1. The number of H-pyrrole nitrogens is 1. The van der Waals surface area contributed by atoms with Crippen molar-refractivity contribution in [3.05, 3.63) is 60.2 Å². The number of carbonyl (C=O) groups is 2. The van der Waals surface area contributed by atoms with Crippen molar-refractivity contribution in [1.29, 1.82) is 0 Å². The molecule has 1 saturated heterocycles. The molecule has 1 aromatic heterocycles. The Labute approximate surface area is 162 Å². The Morgan fingerprint density at radius 3 is 2.46 bits per heavy atom. The molecule has 0 bridgehead atoms. The molecule has 0 unspecified atom stereocenters. The van der Waals surface area contributed by atoms with Crippen molar-refractivity contribution in [3.63, 3.8) is 0 Å². The minimum Gasteiger partial charge on any atom is -0.481 e. The Bertz CT molecular complexity index is 1010. The molecular weight excluding hydrogens is 356 g/mol. The second-order valence-corrected chi connectivity index (χ2v) is 7.24. The molecule has 0 aliphatic carbocycles. The maximum Gasteiger partial charge on any atom is 0.325 e. The highest BCUT2D eigenvalue weighted by atomic mass is 16.4. The highest BCUT2D eigenvalue weighted by Gasteiger charge is 2.37. The van der Waals surface area contributed by atoms with E-state index in [4.69, 9.17) is 0 Å². The molecule has 28 heavy (non-hydrogen) atoms. The van der Waals surface area contributed by atoms with Gasteiger partial charge in [-0.05, 0) is 31.0 Å². The standard InChI is InChI=1S/C22H22N2O4/c25-21(26)15-9-6-12-24(13-15)20(22(27)28)18-16-10-4-5-11-17(16)23-19(18)14-7-2-1-3-8-14/h1-5,7-8,10-11,15,20,23H,6,9,12-13H2,(H,25,26)(H,27,28)/t15-,20-/m1/s1. The fourth-order valence-electron chi connectivity index (χ4n) is 4.18. The Morgan fingerprint density at radius 2 is 1.75 bits per heavy atom. The van der Waals surface area contributed by atoms with Crippen LogP contribution in [0.5, 0.6) is 0 Å². The third-order valence-electron chi connectivity index (χ3n) is 5.48. The zero-order valence-electron chi connectivity index (χ0n) is 15.3. The van der Waals surface area contributed by atoms with Crippen LogP contribution < -0.4 is 0 Å². The van der Waals surface area contributed by atoms with Crippen LogP contribution in [-0.4, -0.2) is 45.1 Å². The van der Waals surface area contributed by atoms with Crippen molar-refractivity contribution < 1.29 is 19.8 Å². The molecule has 4 rings (SSSR count). The van der Waals surface area contributed by atoms with Crippen LogP contribution in [0.1, 0.15) is 24.4 Å². The van der Waals surface area contributed by atoms with Gasteiger partial charge in [0.25, 0.3) is 0 Å². The second kappa shape index (κ2) is 7.48. The molecule has 1 aliphatic rings. The van der Waals surface area contributed by atoms with E-state index in [1.165, 1.54) is 0 Å². The lowest BCUT2D eigenvalue weighted by molar-refractivity contribution is -0.149. The zero-order chi connectivity index (χ0) is 19.7. The van der Waals surface area contributed by atoms with Crippen molar-refractivity contribution in [3.8, 4) is 11.3 Å². The number of likely N-dealkylation sites (tertiary alicyclic amines) is 1. The normalized spacial score (nSPS) is 18.8. The van der Waals surface area contributed by atoms with E-state index in [-0.39, 0.29) is 6.54 Å². The smallest absolute Gasteiger partial charge is 0.325 e. The molecular formula is C22H22N2O4. The molecule has 0 saturated carbocycles. The van der Waals surface area contributed by atoms with Crippen molar-refractivity contribution >= 4 is 22.8 Å². The van der Waals surface area contributed by atoms with Crippen LogP contribution in [0.25, 0.3) is 22.2 Å². The second-order valence-electron chi connectivity index (χ2n) is 7.24. The molecule has 0 radical (unpaired) electrons. The Kier molecular flexibility index (Phi) is 4.88. The van der Waals surface area contributed by atoms with Crippen molar-refractivity contribution in [2.45, 2.75) is 18.9 Å². The number of aliphatic carboxylic acids is 2. The van der Waals surface area contributed by atoms with Crippen LogP contribution in [0, 0.1) is 5.92 Å². The number of rotatable bonds is 5. The number of aromatic amines is 1. The topological polar surface area (TPSA) is 93.6 Å². The molecule has 3 N–H and O–H groups in total. The summed E-state index contributed by atoms with van der Waals surface area (Å²) < 4.78 is 0. The van der Waals surface area contributed by atoms with Crippen LogP contribution in [0.15, 0.2) is 54.6 Å². The average Bonchev–Trinajstić information content (AvgIpc) is 3.08. The number of fused-ring (bicyclic) bond motifs is 1. The number of benzene rings is 2. The highest BCUT2D eigenvalue weighted by molar-refractivity contribution is 5.95. The van der Waals surface area contributed by atoms with Gasteiger partial charge in [-0.3, -0.25) is 14.5 Å². The quantitative estimate of drug-likeness (QED) is 0.629. The van der Waals surface area contributed by atoms with Crippen molar-refractivity contribution in [2.75, 3.05) is 13.1 Å². The summed E-state index contributed by atoms with van der Waals surface area (Å²) in [6, 6.07) is 16.4. The third-order valence-corrected chi connectivity index (χ3v) is 5.48. The summed E-state index contributed by atoms with van der Waals surface area (Å²) in [6.45, 7) is 0.800. The first kappa shape index (κ1) is 18.3. The molecule has 2 aromatic carbocycles. The maximum atomic E-state index is 12.4. The van der Waals surface area contributed by atoms with Gasteiger partial charge in [0.05, 0.1) is 11.6 Å². The van der Waals surface area contributed by atoms with Gasteiger partial charge in [-0.25, -0.2) is 0 Å². The minimum atomic E-state index is -0.965. The predicted octanol–water partition coefficient (Wildman–Crippen LogP) is 3.76. The van der Waals surface area contributed by atoms with E-state index in [0.717, 1.165) is 22.2 Å². The van der Waals surface area contributed by atoms with E-state index in [9.17, 15) is 19.8 Å². The summed E-state index contributed by atoms with van der Waals surface area (Å²) >= 11 is 0. The Balaban J connectivity index is 1.87. The molecule has 144 valence electrons. The molecule has 3 aromatic rings. The first-order valence-electron chi connectivity index (χ1n) is 9.42. The van der Waals surface area contributed by atoms with E-state index in [1.54, 1.807) is 4.90 Å². The largest absolute Gasteiger partial charge is 0.481 e. The maximum absolute atomic E-state index is 12.4. The number of nitrogens with zero attached hydrogens (tertiary/aromatic N) is 1. The summed E-state index contributed by atoms with van der Waals surface area (Å²) in [7, 11) is 0. The van der Waals surface area contributed by atoms with E-state index < -0.39 is 23.9 Å². The summed E-state index contributed by atoms with van der Waals surface area (Å²) in [5, 5.41) is 20.4. The van der Waals surface area contributed by atoms with E-state index in [2.05, 4.69) is 4.98 Å². The van der Waals surface area contributed by atoms with Gasteiger partial charge in [0.15, 0.2) is 0 Å². The van der Waals surface area contributed by atoms with Crippen LogP contribution in [0.4, 0.5) is 0 Å². The SMILES string of the molecule is O=C(O)[C@@H]1CCCN([C@@H](C(=O)O)c2c(-c3ccccc3)[nH]c3ccccc23)C1. The first-order valence-corrected chi connectivity index (χ1v) is 9.42. The van der Waals surface area contributed by atoms with Crippen molar-refractivity contribution in [1.82, 2.24) is 9.88 Å². The van der Waals surface area contributed by atoms with Gasteiger partial charge in [-0.2, -0.15) is 0 Å². The Hall–Kier alpha value is -3.12. The van der Waals surface area contributed by atoms with Gasteiger partial charge >= 0.3 is 11.9 Å². The molecule has 6 heteroatoms. The van der Waals surface area contributed by atoms with Crippen LogP contribution in [0.2, 0.25) is 0 Å². The summed E-state index contributed by atoms with van der Waals surface area (Å²) in [6.07, 6.45) is 1.25. The van der Waals surface area contributed by atoms with Gasteiger partial charge in [0.1, 0.15) is 6.04 Å².